The third kappa shape index (κ3) is 5.80. The van der Waals surface area contributed by atoms with Gasteiger partial charge in [-0.15, -0.1) is 0 Å². The zero-order valence-corrected chi connectivity index (χ0v) is 14.3. The monoisotopic (exact) mass is 339 g/mol. The van der Waals surface area contributed by atoms with Gasteiger partial charge in [0.05, 0.1) is 12.7 Å². The van der Waals surface area contributed by atoms with Gasteiger partial charge in [-0.1, -0.05) is 48.5 Å². The van der Waals surface area contributed by atoms with E-state index < -0.39 is 18.0 Å². The van der Waals surface area contributed by atoms with E-state index in [1.54, 1.807) is 6.08 Å². The van der Waals surface area contributed by atoms with Crippen LogP contribution in [0.2, 0.25) is 0 Å². The van der Waals surface area contributed by atoms with Crippen molar-refractivity contribution in [2.45, 2.75) is 13.0 Å². The van der Waals surface area contributed by atoms with Gasteiger partial charge in [-0.3, -0.25) is 4.79 Å². The third-order valence-electron chi connectivity index (χ3n) is 3.48. The molecule has 1 N–H and O–H groups in total. The van der Waals surface area contributed by atoms with Crippen LogP contribution in [0.15, 0.2) is 72.3 Å². The molecule has 0 saturated carbocycles. The highest BCUT2D eigenvalue weighted by atomic mass is 16.5. The molecule has 0 spiro atoms. The number of nitrogens with one attached hydrogen (secondary N) is 1. The maximum Gasteiger partial charge on any atom is 0.335 e. The smallest absolute Gasteiger partial charge is 0.335 e. The van der Waals surface area contributed by atoms with Crippen LogP contribution in [0.5, 0.6) is 0 Å². The molecule has 0 aliphatic carbocycles. The van der Waals surface area contributed by atoms with Gasteiger partial charge in [0.2, 0.25) is 0 Å². The first kappa shape index (κ1) is 18.3. The van der Waals surface area contributed by atoms with Crippen molar-refractivity contribution < 1.29 is 19.1 Å². The Morgan fingerprint density at radius 2 is 1.64 bits per heavy atom. The molecule has 5 nitrogen and oxygen atoms in total. The molecular formula is C20H21NO4. The molecule has 0 aliphatic heterocycles. The van der Waals surface area contributed by atoms with Gasteiger partial charge in [-0.25, -0.2) is 4.79 Å². The van der Waals surface area contributed by atoms with E-state index in [0.717, 1.165) is 11.3 Å². The lowest BCUT2D eigenvalue weighted by Crippen LogP contribution is -2.17. The third-order valence-corrected chi connectivity index (χ3v) is 3.48. The Balaban J connectivity index is 2.25. The summed E-state index contributed by atoms with van der Waals surface area (Å²) in [6.45, 7) is 1.59. The van der Waals surface area contributed by atoms with E-state index in [1.165, 1.54) is 14.0 Å². The summed E-state index contributed by atoms with van der Waals surface area (Å²) in [5.41, 5.74) is 2.03. The van der Waals surface area contributed by atoms with E-state index in [2.05, 4.69) is 5.32 Å². The fourth-order valence-electron chi connectivity index (χ4n) is 2.29. The number of benzene rings is 2. The van der Waals surface area contributed by atoms with Crippen molar-refractivity contribution in [3.05, 3.63) is 77.9 Å². The second-order valence-electron chi connectivity index (χ2n) is 5.34. The minimum Gasteiger partial charge on any atom is -0.466 e. The van der Waals surface area contributed by atoms with E-state index in [4.69, 9.17) is 9.47 Å². The summed E-state index contributed by atoms with van der Waals surface area (Å²) in [4.78, 5) is 23.6. The number of hydrogen-bond donors (Lipinski definition) is 1. The first-order valence-corrected chi connectivity index (χ1v) is 7.90. The SMILES string of the molecule is COC(=O)/C(=C/C(OC(C)=O)c1ccccc1)CNc1ccccc1. The summed E-state index contributed by atoms with van der Waals surface area (Å²) in [5, 5.41) is 3.16. The van der Waals surface area contributed by atoms with E-state index in [-0.39, 0.29) is 6.54 Å². The second-order valence-corrected chi connectivity index (χ2v) is 5.34. The molecule has 1 atom stereocenters. The molecule has 2 rings (SSSR count). The average molecular weight is 339 g/mol. The molecule has 5 heteroatoms. The number of methoxy groups -OCH3 is 1. The molecule has 0 aromatic heterocycles. The van der Waals surface area contributed by atoms with Crippen LogP contribution in [0.4, 0.5) is 5.69 Å². The van der Waals surface area contributed by atoms with Crippen molar-refractivity contribution in [3.63, 3.8) is 0 Å². The zero-order chi connectivity index (χ0) is 18.1. The van der Waals surface area contributed by atoms with Gasteiger partial charge in [0.1, 0.15) is 6.10 Å². The normalized spacial score (nSPS) is 12.2. The van der Waals surface area contributed by atoms with Crippen LogP contribution in [0.25, 0.3) is 0 Å². The lowest BCUT2D eigenvalue weighted by atomic mass is 10.1. The zero-order valence-electron chi connectivity index (χ0n) is 14.3. The number of ether oxygens (including phenoxy) is 2. The molecule has 0 fully saturated rings. The largest absolute Gasteiger partial charge is 0.466 e. The molecular weight excluding hydrogens is 318 g/mol. The van der Waals surface area contributed by atoms with Crippen molar-refractivity contribution in [1.82, 2.24) is 0 Å². The average Bonchev–Trinajstić information content (AvgIpc) is 2.64. The minimum atomic E-state index is -0.662. The summed E-state index contributed by atoms with van der Waals surface area (Å²) in [6.07, 6.45) is 0.948. The Hall–Kier alpha value is -3.08. The van der Waals surface area contributed by atoms with E-state index in [1.807, 2.05) is 60.7 Å². The number of hydrogen-bond acceptors (Lipinski definition) is 5. The maximum atomic E-state index is 12.1. The molecule has 130 valence electrons. The summed E-state index contributed by atoms with van der Waals surface area (Å²) >= 11 is 0. The van der Waals surface area contributed by atoms with Gasteiger partial charge in [-0.2, -0.15) is 0 Å². The molecule has 0 aliphatic rings. The molecule has 25 heavy (non-hydrogen) atoms. The number of rotatable bonds is 7. The van der Waals surface area contributed by atoms with Crippen LogP contribution in [0, 0.1) is 0 Å². The first-order chi connectivity index (χ1) is 12.1. The maximum absolute atomic E-state index is 12.1. The predicted molar refractivity (Wildman–Crippen MR) is 96.0 cm³/mol. The van der Waals surface area contributed by atoms with Crippen LogP contribution < -0.4 is 5.32 Å². The highest BCUT2D eigenvalue weighted by Gasteiger charge is 2.17. The summed E-state index contributed by atoms with van der Waals surface area (Å²) in [6, 6.07) is 18.7. The van der Waals surface area contributed by atoms with Crippen molar-refractivity contribution in [1.29, 1.82) is 0 Å². The number of carbonyl (C=O) groups is 2. The van der Waals surface area contributed by atoms with E-state index in [0.29, 0.717) is 5.57 Å². The van der Waals surface area contributed by atoms with E-state index in [9.17, 15) is 9.59 Å². The Bertz CT molecular complexity index is 726. The summed E-state index contributed by atoms with van der Waals surface area (Å²) in [7, 11) is 1.32. The van der Waals surface area contributed by atoms with Crippen LogP contribution in [0.1, 0.15) is 18.6 Å². The fraction of sp³-hybridized carbons (Fsp3) is 0.200. The van der Waals surface area contributed by atoms with Crippen LogP contribution >= 0.6 is 0 Å². The molecule has 0 saturated heterocycles. The topological polar surface area (TPSA) is 64.6 Å². The summed E-state index contributed by atoms with van der Waals surface area (Å²) < 4.78 is 10.2. The number of carbonyl (C=O) groups excluding carboxylic acids is 2. The van der Waals surface area contributed by atoms with Gasteiger partial charge in [0.25, 0.3) is 0 Å². The van der Waals surface area contributed by atoms with Crippen LogP contribution in [0.3, 0.4) is 0 Å². The lowest BCUT2D eigenvalue weighted by Gasteiger charge is -2.16. The Morgan fingerprint density at radius 1 is 1.04 bits per heavy atom. The Morgan fingerprint density at radius 3 is 2.20 bits per heavy atom. The molecule has 0 amide bonds. The molecule has 2 aromatic rings. The van der Waals surface area contributed by atoms with E-state index >= 15 is 0 Å². The molecule has 0 radical (unpaired) electrons. The predicted octanol–water partition coefficient (Wildman–Crippen LogP) is 3.50. The van der Waals surface area contributed by atoms with Gasteiger partial charge in [0, 0.05) is 19.2 Å². The lowest BCUT2D eigenvalue weighted by molar-refractivity contribution is -0.145. The van der Waals surface area contributed by atoms with Gasteiger partial charge >= 0.3 is 11.9 Å². The number of esters is 2. The molecule has 0 bridgehead atoms. The van der Waals surface area contributed by atoms with Crippen LogP contribution in [-0.2, 0) is 19.1 Å². The Labute approximate surface area is 147 Å². The highest BCUT2D eigenvalue weighted by molar-refractivity contribution is 5.89. The molecule has 0 heterocycles. The molecule has 2 aromatic carbocycles. The number of para-hydroxylation sites is 1. The van der Waals surface area contributed by atoms with Crippen molar-refractivity contribution in [3.8, 4) is 0 Å². The van der Waals surface area contributed by atoms with Gasteiger partial charge in [-0.05, 0) is 23.8 Å². The van der Waals surface area contributed by atoms with Crippen molar-refractivity contribution in [2.24, 2.45) is 0 Å². The van der Waals surface area contributed by atoms with Crippen LogP contribution in [-0.4, -0.2) is 25.6 Å². The first-order valence-electron chi connectivity index (χ1n) is 7.90. The van der Waals surface area contributed by atoms with Crippen molar-refractivity contribution >= 4 is 17.6 Å². The fourth-order valence-corrected chi connectivity index (χ4v) is 2.29. The minimum absolute atomic E-state index is 0.251. The van der Waals surface area contributed by atoms with Gasteiger partial charge < -0.3 is 14.8 Å². The molecule has 1 unspecified atom stereocenters. The standard InChI is InChI=1S/C20H21NO4/c1-15(22)25-19(16-9-5-3-6-10-16)13-17(20(23)24-2)14-21-18-11-7-4-8-12-18/h3-13,19,21H,14H2,1-2H3/b17-13+. The Kier molecular flexibility index (Phi) is 6.77. The number of anilines is 1. The quantitative estimate of drug-likeness (QED) is 0.618. The second kappa shape index (κ2) is 9.27. The highest BCUT2D eigenvalue weighted by Crippen LogP contribution is 2.21. The summed E-state index contributed by atoms with van der Waals surface area (Å²) in [5.74, 6) is -0.901. The van der Waals surface area contributed by atoms with Crippen molar-refractivity contribution in [2.75, 3.05) is 19.0 Å². The van der Waals surface area contributed by atoms with Gasteiger partial charge in [0.15, 0.2) is 0 Å².